The van der Waals surface area contributed by atoms with Crippen LogP contribution in [0.15, 0.2) is 0 Å². The average molecular weight is 273 g/mol. The Labute approximate surface area is 115 Å². The summed E-state index contributed by atoms with van der Waals surface area (Å²) in [5, 5.41) is 0. The topological polar surface area (TPSA) is 23.6 Å². The maximum absolute atomic E-state index is 11.8. The Kier molecular flexibility index (Phi) is 4.91. The van der Waals surface area contributed by atoms with E-state index in [1.165, 1.54) is 19.3 Å². The number of hydrogen-bond acceptors (Lipinski definition) is 2. The molecule has 1 amide bonds. The predicted octanol–water partition coefficient (Wildman–Crippen LogP) is 2.34. The van der Waals surface area contributed by atoms with Crippen LogP contribution in [0, 0.1) is 5.92 Å². The number of hydrogen-bond donors (Lipinski definition) is 0. The summed E-state index contributed by atoms with van der Waals surface area (Å²) < 4.78 is 0. The summed E-state index contributed by atoms with van der Waals surface area (Å²) in [6, 6.07) is 1.32. The van der Waals surface area contributed by atoms with E-state index in [0.29, 0.717) is 30.3 Å². The Morgan fingerprint density at radius 1 is 1.22 bits per heavy atom. The molecule has 2 rings (SSSR count). The summed E-state index contributed by atoms with van der Waals surface area (Å²) in [5.41, 5.74) is 0. The fraction of sp³-hybridized carbons (Fsp3) is 0.929. The lowest BCUT2D eigenvalue weighted by molar-refractivity contribution is -0.128. The molecule has 2 heterocycles. The highest BCUT2D eigenvalue weighted by atomic mass is 35.5. The third-order valence-electron chi connectivity index (χ3n) is 4.52. The molecule has 2 aliphatic heterocycles. The smallest absolute Gasteiger partial charge is 0.223 e. The first-order valence-electron chi connectivity index (χ1n) is 7.21. The summed E-state index contributed by atoms with van der Waals surface area (Å²) in [6.45, 7) is 7.37. The molecule has 0 aromatic heterocycles. The van der Waals surface area contributed by atoms with Crippen LogP contribution in [-0.4, -0.2) is 53.3 Å². The van der Waals surface area contributed by atoms with Crippen LogP contribution in [0.4, 0.5) is 0 Å². The quantitative estimate of drug-likeness (QED) is 0.734. The predicted molar refractivity (Wildman–Crippen MR) is 74.9 cm³/mol. The molecule has 2 aliphatic rings. The van der Waals surface area contributed by atoms with Gasteiger partial charge in [0.2, 0.25) is 5.91 Å². The normalized spacial score (nSPS) is 34.3. The lowest BCUT2D eigenvalue weighted by Crippen LogP contribution is -2.47. The Hall–Kier alpha value is -0.280. The molecule has 3 unspecified atom stereocenters. The summed E-state index contributed by atoms with van der Waals surface area (Å²) in [7, 11) is 0. The van der Waals surface area contributed by atoms with E-state index in [2.05, 4.69) is 18.7 Å². The van der Waals surface area contributed by atoms with Crippen LogP contribution in [-0.2, 0) is 4.79 Å². The van der Waals surface area contributed by atoms with Gasteiger partial charge in [0.15, 0.2) is 0 Å². The van der Waals surface area contributed by atoms with Crippen LogP contribution >= 0.6 is 11.6 Å². The number of piperidine rings is 1. The Morgan fingerprint density at radius 2 is 1.89 bits per heavy atom. The first-order chi connectivity index (χ1) is 8.61. The standard InChI is InChI=1S/C14H25ClN2O/c1-11-4-3-5-12(2)17(11)7-6-16-10-13(9-15)8-14(16)18/h11-13H,3-10H2,1-2H3. The monoisotopic (exact) mass is 272 g/mol. The van der Waals surface area contributed by atoms with E-state index in [-0.39, 0.29) is 5.91 Å². The van der Waals surface area contributed by atoms with Gasteiger partial charge in [-0.2, -0.15) is 0 Å². The largest absolute Gasteiger partial charge is 0.341 e. The van der Waals surface area contributed by atoms with Crippen molar-refractivity contribution in [1.82, 2.24) is 9.80 Å². The minimum atomic E-state index is 0.290. The third-order valence-corrected chi connectivity index (χ3v) is 4.95. The molecule has 0 radical (unpaired) electrons. The van der Waals surface area contributed by atoms with Gasteiger partial charge in [0.25, 0.3) is 0 Å². The lowest BCUT2D eigenvalue weighted by Gasteiger charge is -2.39. The van der Waals surface area contributed by atoms with Gasteiger partial charge in [0.1, 0.15) is 0 Å². The third kappa shape index (κ3) is 3.18. The van der Waals surface area contributed by atoms with E-state index in [9.17, 15) is 4.79 Å². The van der Waals surface area contributed by atoms with Crippen molar-refractivity contribution in [3.8, 4) is 0 Å². The second kappa shape index (κ2) is 6.25. The molecule has 3 atom stereocenters. The fourth-order valence-corrected chi connectivity index (χ4v) is 3.53. The van der Waals surface area contributed by atoms with Crippen molar-refractivity contribution in [3.05, 3.63) is 0 Å². The Morgan fingerprint density at radius 3 is 2.44 bits per heavy atom. The van der Waals surface area contributed by atoms with Crippen LogP contribution in [0.25, 0.3) is 0 Å². The summed E-state index contributed by atoms with van der Waals surface area (Å²) in [4.78, 5) is 16.4. The summed E-state index contributed by atoms with van der Waals surface area (Å²) >= 11 is 5.84. The minimum absolute atomic E-state index is 0.290. The van der Waals surface area contributed by atoms with Gasteiger partial charge in [0, 0.05) is 44.0 Å². The maximum Gasteiger partial charge on any atom is 0.223 e. The van der Waals surface area contributed by atoms with Gasteiger partial charge < -0.3 is 4.90 Å². The number of nitrogens with zero attached hydrogens (tertiary/aromatic N) is 2. The van der Waals surface area contributed by atoms with Crippen LogP contribution in [0.5, 0.6) is 0 Å². The van der Waals surface area contributed by atoms with Gasteiger partial charge in [-0.3, -0.25) is 9.69 Å². The maximum atomic E-state index is 11.8. The van der Waals surface area contributed by atoms with Gasteiger partial charge in [-0.25, -0.2) is 0 Å². The highest BCUT2D eigenvalue weighted by Gasteiger charge is 2.30. The van der Waals surface area contributed by atoms with Crippen molar-refractivity contribution in [3.63, 3.8) is 0 Å². The molecule has 0 aromatic carbocycles. The lowest BCUT2D eigenvalue weighted by atomic mass is 9.97. The van der Waals surface area contributed by atoms with Crippen LogP contribution in [0.2, 0.25) is 0 Å². The molecular weight excluding hydrogens is 248 g/mol. The molecule has 4 heteroatoms. The number of rotatable bonds is 4. The van der Waals surface area contributed by atoms with E-state index < -0.39 is 0 Å². The van der Waals surface area contributed by atoms with Crippen LogP contribution < -0.4 is 0 Å². The van der Waals surface area contributed by atoms with Crippen molar-refractivity contribution in [2.75, 3.05) is 25.5 Å². The molecule has 0 aliphatic carbocycles. The van der Waals surface area contributed by atoms with Crippen molar-refractivity contribution >= 4 is 17.5 Å². The van der Waals surface area contributed by atoms with Crippen LogP contribution in [0.1, 0.15) is 39.5 Å². The number of halogens is 1. The van der Waals surface area contributed by atoms with Crippen molar-refractivity contribution in [2.24, 2.45) is 5.92 Å². The zero-order valence-electron chi connectivity index (χ0n) is 11.6. The minimum Gasteiger partial charge on any atom is -0.341 e. The first kappa shape index (κ1) is 14.1. The van der Waals surface area contributed by atoms with Crippen molar-refractivity contribution < 1.29 is 4.79 Å². The molecule has 104 valence electrons. The highest BCUT2D eigenvalue weighted by molar-refractivity contribution is 6.18. The summed E-state index contributed by atoms with van der Waals surface area (Å²) in [5.74, 6) is 1.27. The fourth-order valence-electron chi connectivity index (χ4n) is 3.33. The van der Waals surface area contributed by atoms with Crippen LogP contribution in [0.3, 0.4) is 0 Å². The molecule has 0 aromatic rings. The van der Waals surface area contributed by atoms with E-state index in [1.807, 2.05) is 4.90 Å². The zero-order valence-corrected chi connectivity index (χ0v) is 12.3. The number of carbonyl (C=O) groups excluding carboxylic acids is 1. The van der Waals surface area contributed by atoms with Gasteiger partial charge in [-0.05, 0) is 32.6 Å². The van der Waals surface area contributed by atoms with E-state index in [4.69, 9.17) is 11.6 Å². The molecule has 0 saturated carbocycles. The number of likely N-dealkylation sites (tertiary alicyclic amines) is 2. The Balaban J connectivity index is 1.82. The van der Waals surface area contributed by atoms with Gasteiger partial charge in [0.05, 0.1) is 0 Å². The number of alkyl halides is 1. The molecule has 0 N–H and O–H groups in total. The molecule has 0 spiro atoms. The average Bonchev–Trinajstić information content (AvgIpc) is 2.70. The van der Waals surface area contributed by atoms with Gasteiger partial charge >= 0.3 is 0 Å². The second-order valence-corrected chi connectivity index (χ2v) is 6.24. The molecule has 2 saturated heterocycles. The molecule has 18 heavy (non-hydrogen) atoms. The van der Waals surface area contributed by atoms with Gasteiger partial charge in [-0.1, -0.05) is 6.42 Å². The van der Waals surface area contributed by atoms with E-state index >= 15 is 0 Å². The summed E-state index contributed by atoms with van der Waals surface area (Å²) in [6.07, 6.45) is 4.58. The highest BCUT2D eigenvalue weighted by Crippen LogP contribution is 2.23. The number of amides is 1. The van der Waals surface area contributed by atoms with Crippen molar-refractivity contribution in [1.29, 1.82) is 0 Å². The molecule has 0 bridgehead atoms. The van der Waals surface area contributed by atoms with E-state index in [0.717, 1.165) is 19.6 Å². The second-order valence-electron chi connectivity index (χ2n) is 5.93. The van der Waals surface area contributed by atoms with Gasteiger partial charge in [-0.15, -0.1) is 11.6 Å². The SMILES string of the molecule is CC1CCCC(C)N1CCN1CC(CCl)CC1=O. The first-order valence-corrected chi connectivity index (χ1v) is 7.74. The zero-order chi connectivity index (χ0) is 13.1. The van der Waals surface area contributed by atoms with Crippen molar-refractivity contribution in [2.45, 2.75) is 51.6 Å². The number of carbonyl (C=O) groups is 1. The molecule has 3 nitrogen and oxygen atoms in total. The molecular formula is C14H25ClN2O. The Bertz CT molecular complexity index is 288. The van der Waals surface area contributed by atoms with E-state index in [1.54, 1.807) is 0 Å². The molecule has 2 fully saturated rings.